The van der Waals surface area contributed by atoms with E-state index >= 15 is 0 Å². The lowest BCUT2D eigenvalue weighted by atomic mass is 9.44. The van der Waals surface area contributed by atoms with Gasteiger partial charge >= 0.3 is 0 Å². The highest BCUT2D eigenvalue weighted by Gasteiger charge is 2.66. The summed E-state index contributed by atoms with van der Waals surface area (Å²) in [6.45, 7) is 0.849. The van der Waals surface area contributed by atoms with Crippen molar-refractivity contribution in [1.29, 1.82) is 0 Å². The molecule has 0 aromatic carbocycles. The molecule has 0 atom stereocenters. The van der Waals surface area contributed by atoms with E-state index in [1.54, 1.807) is 0 Å². The summed E-state index contributed by atoms with van der Waals surface area (Å²) in [5, 5.41) is 0. The van der Waals surface area contributed by atoms with Crippen molar-refractivity contribution >= 4 is 11.6 Å². The Balaban J connectivity index is 2.04. The molecule has 46 valence electrons. The van der Waals surface area contributed by atoms with E-state index in [0.717, 1.165) is 6.54 Å². The third kappa shape index (κ3) is 0.381. The lowest BCUT2D eigenvalue weighted by Gasteiger charge is -2.67. The minimum Gasteiger partial charge on any atom is -0.330 e. The molecule has 3 aliphatic carbocycles. The van der Waals surface area contributed by atoms with Gasteiger partial charge in [0, 0.05) is 4.87 Å². The Labute approximate surface area is 54.2 Å². The molecule has 0 amide bonds. The highest BCUT2D eigenvalue weighted by molar-refractivity contribution is 6.26. The van der Waals surface area contributed by atoms with E-state index in [4.69, 9.17) is 17.3 Å². The van der Waals surface area contributed by atoms with E-state index < -0.39 is 0 Å². The van der Waals surface area contributed by atoms with Crippen LogP contribution in [0.25, 0.3) is 0 Å². The molecule has 0 unspecified atom stereocenters. The molecule has 0 radical (unpaired) electrons. The van der Waals surface area contributed by atoms with Crippen LogP contribution in [-0.4, -0.2) is 11.4 Å². The monoisotopic (exact) mass is 131 g/mol. The van der Waals surface area contributed by atoms with Gasteiger partial charge in [-0.1, -0.05) is 0 Å². The van der Waals surface area contributed by atoms with E-state index in [2.05, 4.69) is 0 Å². The van der Waals surface area contributed by atoms with Crippen LogP contribution in [0.2, 0.25) is 0 Å². The fourth-order valence-electron chi connectivity index (χ4n) is 2.08. The van der Waals surface area contributed by atoms with Crippen molar-refractivity contribution in [2.75, 3.05) is 6.54 Å². The summed E-state index contributed by atoms with van der Waals surface area (Å²) in [6, 6.07) is 0. The van der Waals surface area contributed by atoms with Crippen LogP contribution in [0.3, 0.4) is 0 Å². The molecule has 0 aromatic rings. The molecule has 0 saturated heterocycles. The maximum absolute atomic E-state index is 5.98. The van der Waals surface area contributed by atoms with Gasteiger partial charge in [-0.15, -0.1) is 11.6 Å². The molecule has 0 heterocycles. The zero-order chi connectivity index (χ0) is 5.83. The van der Waals surface area contributed by atoms with Crippen molar-refractivity contribution in [3.8, 4) is 0 Å². The van der Waals surface area contributed by atoms with Crippen LogP contribution in [0, 0.1) is 5.41 Å². The highest BCUT2D eigenvalue weighted by atomic mass is 35.5. The molecule has 3 aliphatic rings. The van der Waals surface area contributed by atoms with Gasteiger partial charge in [-0.05, 0) is 31.2 Å². The molecule has 8 heavy (non-hydrogen) atoms. The minimum absolute atomic E-state index is 0.222. The van der Waals surface area contributed by atoms with Gasteiger partial charge in [0.2, 0.25) is 0 Å². The molecule has 0 spiro atoms. The van der Waals surface area contributed by atoms with Crippen molar-refractivity contribution < 1.29 is 0 Å². The summed E-state index contributed by atoms with van der Waals surface area (Å²) >= 11 is 5.98. The smallest absolute Gasteiger partial charge is 0.0464 e. The van der Waals surface area contributed by atoms with Crippen LogP contribution in [0.5, 0.6) is 0 Å². The average Bonchev–Trinajstić information content (AvgIpc) is 1.55. The highest BCUT2D eigenvalue weighted by Crippen LogP contribution is 2.70. The first kappa shape index (κ1) is 5.07. The maximum atomic E-state index is 5.98. The Morgan fingerprint density at radius 2 is 1.88 bits per heavy atom. The molecule has 3 rings (SSSR count). The molecule has 3 saturated carbocycles. The Hall–Kier alpha value is 0.250. The molecule has 2 N–H and O–H groups in total. The lowest BCUT2D eigenvalue weighted by molar-refractivity contribution is -0.0706. The van der Waals surface area contributed by atoms with E-state index in [1.165, 1.54) is 19.3 Å². The van der Waals surface area contributed by atoms with Crippen molar-refractivity contribution in [2.24, 2.45) is 11.1 Å². The predicted molar refractivity (Wildman–Crippen MR) is 33.9 cm³/mol. The van der Waals surface area contributed by atoms with E-state index in [-0.39, 0.29) is 4.87 Å². The van der Waals surface area contributed by atoms with Gasteiger partial charge in [-0.3, -0.25) is 0 Å². The fraction of sp³-hybridized carbons (Fsp3) is 1.00. The molecule has 2 heteroatoms. The second kappa shape index (κ2) is 1.07. The molecule has 1 nitrogen and oxygen atoms in total. The normalized spacial score (nSPS) is 59.2. The van der Waals surface area contributed by atoms with Crippen LogP contribution in [0.1, 0.15) is 19.3 Å². The van der Waals surface area contributed by atoms with Crippen LogP contribution in [0.4, 0.5) is 0 Å². The van der Waals surface area contributed by atoms with Crippen LogP contribution < -0.4 is 5.73 Å². The first-order chi connectivity index (χ1) is 3.68. The molecule has 3 fully saturated rings. The molecular weight excluding hydrogens is 122 g/mol. The SMILES string of the molecule is NCC12CC(Cl)(C1)C2. The number of alkyl halides is 1. The summed E-state index contributed by atoms with van der Waals surface area (Å²) in [5.74, 6) is 0. The zero-order valence-electron chi connectivity index (χ0n) is 4.78. The van der Waals surface area contributed by atoms with Crippen LogP contribution in [-0.2, 0) is 0 Å². The Bertz CT molecular complexity index is 113. The first-order valence-electron chi connectivity index (χ1n) is 3.07. The molecule has 0 aromatic heterocycles. The van der Waals surface area contributed by atoms with Gasteiger partial charge in [-0.2, -0.15) is 0 Å². The zero-order valence-corrected chi connectivity index (χ0v) is 5.54. The van der Waals surface area contributed by atoms with Crippen molar-refractivity contribution in [3.63, 3.8) is 0 Å². The fourth-order valence-corrected chi connectivity index (χ4v) is 2.93. The third-order valence-electron chi connectivity index (χ3n) is 2.51. The van der Waals surface area contributed by atoms with Crippen LogP contribution >= 0.6 is 11.6 Å². The summed E-state index contributed by atoms with van der Waals surface area (Å²) in [5.41, 5.74) is 6.02. The van der Waals surface area contributed by atoms with Gasteiger partial charge in [0.15, 0.2) is 0 Å². The predicted octanol–water partition coefficient (Wildman–Crippen LogP) is 1.11. The maximum Gasteiger partial charge on any atom is 0.0464 e. The quantitative estimate of drug-likeness (QED) is 0.530. The topological polar surface area (TPSA) is 26.0 Å². The Kier molecular flexibility index (Phi) is 0.679. The van der Waals surface area contributed by atoms with E-state index in [0.29, 0.717) is 5.41 Å². The second-order valence-electron chi connectivity index (χ2n) is 3.39. The number of hydrogen-bond donors (Lipinski definition) is 1. The minimum atomic E-state index is 0.222. The number of rotatable bonds is 1. The van der Waals surface area contributed by atoms with Crippen molar-refractivity contribution in [3.05, 3.63) is 0 Å². The summed E-state index contributed by atoms with van der Waals surface area (Å²) in [7, 11) is 0. The van der Waals surface area contributed by atoms with Crippen molar-refractivity contribution in [2.45, 2.75) is 24.1 Å². The van der Waals surface area contributed by atoms with Gasteiger partial charge in [0.05, 0.1) is 0 Å². The largest absolute Gasteiger partial charge is 0.330 e. The Morgan fingerprint density at radius 1 is 1.38 bits per heavy atom. The third-order valence-corrected chi connectivity index (χ3v) is 2.91. The molecule has 0 aliphatic heterocycles. The summed E-state index contributed by atoms with van der Waals surface area (Å²) < 4.78 is 0. The lowest BCUT2D eigenvalue weighted by Crippen LogP contribution is -2.66. The van der Waals surface area contributed by atoms with Gasteiger partial charge in [0.1, 0.15) is 0 Å². The van der Waals surface area contributed by atoms with Crippen LogP contribution in [0.15, 0.2) is 0 Å². The Morgan fingerprint density at radius 3 is 2.00 bits per heavy atom. The van der Waals surface area contributed by atoms with Gasteiger partial charge in [-0.25, -0.2) is 0 Å². The molecule has 2 bridgehead atoms. The number of halogens is 1. The summed E-state index contributed by atoms with van der Waals surface area (Å²) in [6.07, 6.45) is 3.54. The average molecular weight is 132 g/mol. The van der Waals surface area contributed by atoms with Gasteiger partial charge < -0.3 is 5.73 Å². The van der Waals surface area contributed by atoms with Gasteiger partial charge in [0.25, 0.3) is 0 Å². The van der Waals surface area contributed by atoms with E-state index in [9.17, 15) is 0 Å². The summed E-state index contributed by atoms with van der Waals surface area (Å²) in [4.78, 5) is 0.222. The first-order valence-corrected chi connectivity index (χ1v) is 3.45. The second-order valence-corrected chi connectivity index (χ2v) is 4.19. The number of nitrogens with two attached hydrogens (primary N) is 1. The standard InChI is InChI=1S/C6H10ClN/c7-6-1-5(2-6,3-6)4-8/h1-4,8H2. The molecular formula is C6H10ClN. The number of hydrogen-bond acceptors (Lipinski definition) is 1. The van der Waals surface area contributed by atoms with E-state index in [1.807, 2.05) is 0 Å². The van der Waals surface area contributed by atoms with Crippen molar-refractivity contribution in [1.82, 2.24) is 0 Å².